The summed E-state index contributed by atoms with van der Waals surface area (Å²) in [7, 11) is -2.80. The number of anilines is 1. The maximum atomic E-state index is 14.1. The summed E-state index contributed by atoms with van der Waals surface area (Å²) in [4.78, 5) is 28.8. The topological polar surface area (TPSA) is 96.0 Å². The highest BCUT2D eigenvalue weighted by atomic mass is 32.2. The van der Waals surface area contributed by atoms with Crippen LogP contribution in [0.2, 0.25) is 0 Å². The second-order valence-electron chi connectivity index (χ2n) is 10.3. The zero-order chi connectivity index (χ0) is 29.5. The van der Waals surface area contributed by atoms with E-state index in [0.717, 1.165) is 4.31 Å². The van der Waals surface area contributed by atoms with Crippen LogP contribution in [0.5, 0.6) is 5.75 Å². The van der Waals surface area contributed by atoms with Crippen molar-refractivity contribution in [3.8, 4) is 5.75 Å². The molecule has 0 saturated heterocycles. The molecule has 3 aromatic rings. The van der Waals surface area contributed by atoms with Crippen LogP contribution in [0.1, 0.15) is 39.7 Å². The highest BCUT2D eigenvalue weighted by Gasteiger charge is 2.35. The molecule has 0 unspecified atom stereocenters. The molecule has 0 bridgehead atoms. The molecule has 0 aliphatic carbocycles. The van der Waals surface area contributed by atoms with E-state index in [9.17, 15) is 22.4 Å². The predicted molar refractivity (Wildman–Crippen MR) is 153 cm³/mol. The van der Waals surface area contributed by atoms with E-state index in [1.165, 1.54) is 48.4 Å². The van der Waals surface area contributed by atoms with Crippen molar-refractivity contribution in [2.24, 2.45) is 0 Å². The summed E-state index contributed by atoms with van der Waals surface area (Å²) in [6, 6.07) is 19.0. The van der Waals surface area contributed by atoms with E-state index in [2.05, 4.69) is 5.32 Å². The molecule has 0 fully saturated rings. The number of rotatable bonds is 11. The minimum absolute atomic E-state index is 0.00342. The van der Waals surface area contributed by atoms with Crippen molar-refractivity contribution < 1.29 is 27.1 Å². The number of amides is 2. The van der Waals surface area contributed by atoms with Crippen LogP contribution in [0.4, 0.5) is 10.1 Å². The Morgan fingerprint density at radius 1 is 0.950 bits per heavy atom. The molecule has 0 saturated carbocycles. The number of nitrogens with one attached hydrogen (secondary N) is 1. The fraction of sp³-hybridized carbons (Fsp3) is 0.333. The van der Waals surface area contributed by atoms with Gasteiger partial charge in [-0.3, -0.25) is 13.9 Å². The van der Waals surface area contributed by atoms with Crippen LogP contribution in [-0.2, 0) is 26.2 Å². The van der Waals surface area contributed by atoms with Crippen molar-refractivity contribution in [1.29, 1.82) is 0 Å². The third-order valence-electron chi connectivity index (χ3n) is 6.11. The standard InChI is InChI=1S/C30H36FN3O5S/c1-6-25(29(36)32-30(2,3)4)33(20-22-16-18-23(31)19-17-22)28(35)21-34(26-14-10-11-15-27(26)39-5)40(37,38)24-12-8-7-9-13-24/h7-19,25H,6,20-21H2,1-5H3,(H,32,36)/t25-/m1/s1. The lowest BCUT2D eigenvalue weighted by Crippen LogP contribution is -2.55. The van der Waals surface area contributed by atoms with E-state index in [4.69, 9.17) is 4.74 Å². The van der Waals surface area contributed by atoms with Crippen molar-refractivity contribution in [2.45, 2.75) is 57.1 Å². The maximum Gasteiger partial charge on any atom is 0.264 e. The molecule has 1 atom stereocenters. The minimum Gasteiger partial charge on any atom is -0.495 e. The molecule has 3 rings (SSSR count). The van der Waals surface area contributed by atoms with E-state index in [1.54, 1.807) is 49.4 Å². The number of methoxy groups -OCH3 is 1. The van der Waals surface area contributed by atoms with Gasteiger partial charge < -0.3 is 15.0 Å². The molecule has 1 N–H and O–H groups in total. The summed E-state index contributed by atoms with van der Waals surface area (Å²) in [6.45, 7) is 6.65. The van der Waals surface area contributed by atoms with Gasteiger partial charge in [0.2, 0.25) is 11.8 Å². The van der Waals surface area contributed by atoms with Crippen molar-refractivity contribution in [1.82, 2.24) is 10.2 Å². The van der Waals surface area contributed by atoms with Crippen LogP contribution >= 0.6 is 0 Å². The van der Waals surface area contributed by atoms with Gasteiger partial charge in [-0.05, 0) is 69.2 Å². The third-order valence-corrected chi connectivity index (χ3v) is 7.89. The van der Waals surface area contributed by atoms with E-state index in [0.29, 0.717) is 5.56 Å². The molecular formula is C30H36FN3O5S. The largest absolute Gasteiger partial charge is 0.495 e. The first kappa shape index (κ1) is 30.6. The van der Waals surface area contributed by atoms with Crippen LogP contribution in [0.25, 0.3) is 0 Å². The summed E-state index contributed by atoms with van der Waals surface area (Å²) in [5, 5.41) is 2.92. The van der Waals surface area contributed by atoms with Gasteiger partial charge in [0, 0.05) is 12.1 Å². The summed E-state index contributed by atoms with van der Waals surface area (Å²) in [5.41, 5.74) is 0.206. The van der Waals surface area contributed by atoms with Crippen LogP contribution in [0.15, 0.2) is 83.8 Å². The first-order valence-electron chi connectivity index (χ1n) is 12.9. The molecule has 0 radical (unpaired) electrons. The smallest absolute Gasteiger partial charge is 0.264 e. The zero-order valence-electron chi connectivity index (χ0n) is 23.4. The van der Waals surface area contributed by atoms with Gasteiger partial charge in [0.1, 0.15) is 24.2 Å². The number of hydrogen-bond donors (Lipinski definition) is 1. The van der Waals surface area contributed by atoms with Gasteiger partial charge >= 0.3 is 0 Å². The number of hydrogen-bond acceptors (Lipinski definition) is 5. The Morgan fingerprint density at radius 2 is 1.55 bits per heavy atom. The van der Waals surface area contributed by atoms with Gasteiger partial charge in [-0.15, -0.1) is 0 Å². The summed E-state index contributed by atoms with van der Waals surface area (Å²) in [6.07, 6.45) is 0.273. The molecule has 2 amide bonds. The highest BCUT2D eigenvalue weighted by molar-refractivity contribution is 7.92. The highest BCUT2D eigenvalue weighted by Crippen LogP contribution is 2.32. The van der Waals surface area contributed by atoms with Crippen LogP contribution in [-0.4, -0.2) is 50.4 Å². The normalized spacial score (nSPS) is 12.3. The molecule has 0 aliphatic rings. The van der Waals surface area contributed by atoms with Crippen LogP contribution in [0, 0.1) is 5.82 Å². The lowest BCUT2D eigenvalue weighted by molar-refractivity contribution is -0.141. The lowest BCUT2D eigenvalue weighted by atomic mass is 10.1. The van der Waals surface area contributed by atoms with Crippen molar-refractivity contribution in [2.75, 3.05) is 18.0 Å². The van der Waals surface area contributed by atoms with E-state index < -0.39 is 39.9 Å². The van der Waals surface area contributed by atoms with E-state index in [1.807, 2.05) is 20.8 Å². The third kappa shape index (κ3) is 7.59. The quantitative estimate of drug-likeness (QED) is 0.360. The number of benzene rings is 3. The second-order valence-corrected chi connectivity index (χ2v) is 12.2. The Bertz CT molecular complexity index is 1410. The number of carbonyl (C=O) groups is 2. The van der Waals surface area contributed by atoms with Crippen molar-refractivity contribution in [3.63, 3.8) is 0 Å². The Balaban J connectivity index is 2.09. The second kappa shape index (κ2) is 13.0. The molecule has 8 nitrogen and oxygen atoms in total. The first-order valence-corrected chi connectivity index (χ1v) is 14.4. The SMILES string of the molecule is CC[C@H](C(=O)NC(C)(C)C)N(Cc1ccc(F)cc1)C(=O)CN(c1ccccc1OC)S(=O)(=O)c1ccccc1. The van der Waals surface area contributed by atoms with Crippen LogP contribution < -0.4 is 14.4 Å². The summed E-state index contributed by atoms with van der Waals surface area (Å²) < 4.78 is 47.8. The van der Waals surface area contributed by atoms with Gasteiger partial charge in [0.25, 0.3) is 10.0 Å². The molecule has 0 spiro atoms. The number of ether oxygens (including phenoxy) is 1. The van der Waals surface area contributed by atoms with Gasteiger partial charge in [-0.1, -0.05) is 49.4 Å². The number of carbonyl (C=O) groups excluding carboxylic acids is 2. The van der Waals surface area contributed by atoms with Gasteiger partial charge in [-0.2, -0.15) is 0 Å². The number of nitrogens with zero attached hydrogens (tertiary/aromatic N) is 2. The van der Waals surface area contributed by atoms with Crippen LogP contribution in [0.3, 0.4) is 0 Å². The predicted octanol–water partition coefficient (Wildman–Crippen LogP) is 4.75. The molecule has 3 aromatic carbocycles. The fourth-order valence-electron chi connectivity index (χ4n) is 4.23. The zero-order valence-corrected chi connectivity index (χ0v) is 24.2. The van der Waals surface area contributed by atoms with E-state index >= 15 is 0 Å². The average Bonchev–Trinajstić information content (AvgIpc) is 2.92. The number of para-hydroxylation sites is 2. The first-order chi connectivity index (χ1) is 18.9. The molecular weight excluding hydrogens is 533 g/mol. The Hall–Kier alpha value is -3.92. The van der Waals surface area contributed by atoms with E-state index in [-0.39, 0.29) is 35.2 Å². The maximum absolute atomic E-state index is 14.1. The Kier molecular flexibility index (Phi) is 9.92. The fourth-order valence-corrected chi connectivity index (χ4v) is 5.67. The van der Waals surface area contributed by atoms with Gasteiger partial charge in [-0.25, -0.2) is 12.8 Å². The minimum atomic E-state index is -4.22. The Morgan fingerprint density at radius 3 is 2.12 bits per heavy atom. The molecule has 0 aliphatic heterocycles. The van der Waals surface area contributed by atoms with Gasteiger partial charge in [0.15, 0.2) is 0 Å². The molecule has 0 aromatic heterocycles. The molecule has 0 heterocycles. The van der Waals surface area contributed by atoms with Crippen molar-refractivity contribution >= 4 is 27.5 Å². The lowest BCUT2D eigenvalue weighted by Gasteiger charge is -2.35. The molecule has 214 valence electrons. The van der Waals surface area contributed by atoms with Crippen molar-refractivity contribution in [3.05, 3.63) is 90.2 Å². The Labute approximate surface area is 235 Å². The average molecular weight is 570 g/mol. The summed E-state index contributed by atoms with van der Waals surface area (Å²) in [5.74, 6) is -1.15. The molecule has 40 heavy (non-hydrogen) atoms. The monoisotopic (exact) mass is 569 g/mol. The number of sulfonamides is 1. The summed E-state index contributed by atoms with van der Waals surface area (Å²) >= 11 is 0. The number of halogens is 1. The molecule has 10 heteroatoms. The van der Waals surface area contributed by atoms with Gasteiger partial charge in [0.05, 0.1) is 17.7 Å².